The van der Waals surface area contributed by atoms with Crippen molar-refractivity contribution in [1.82, 2.24) is 19.9 Å². The van der Waals surface area contributed by atoms with Crippen LogP contribution in [0.3, 0.4) is 0 Å². The highest BCUT2D eigenvalue weighted by Crippen LogP contribution is 2.33. The molecule has 1 aromatic carbocycles. The summed E-state index contributed by atoms with van der Waals surface area (Å²) in [6.45, 7) is 8.95. The van der Waals surface area contributed by atoms with Gasteiger partial charge in [-0.1, -0.05) is 25.3 Å². The summed E-state index contributed by atoms with van der Waals surface area (Å²) < 4.78 is 34.0. The van der Waals surface area contributed by atoms with Crippen LogP contribution in [-0.2, 0) is 4.74 Å². The van der Waals surface area contributed by atoms with E-state index in [0.29, 0.717) is 36.8 Å². The number of amides is 1. The molecule has 1 unspecified atom stereocenters. The molecule has 204 valence electrons. The van der Waals surface area contributed by atoms with Gasteiger partial charge >= 0.3 is 18.0 Å². The molecule has 1 saturated carbocycles. The summed E-state index contributed by atoms with van der Waals surface area (Å²) >= 11 is 0. The quantitative estimate of drug-likeness (QED) is 0.360. The van der Waals surface area contributed by atoms with Gasteiger partial charge in [0.15, 0.2) is 11.5 Å². The van der Waals surface area contributed by atoms with Crippen molar-refractivity contribution in [3.05, 3.63) is 49.1 Å². The maximum atomic E-state index is 13.3. The number of aromatic nitrogens is 3. The number of carbonyl (C=O) groups is 1. The monoisotopic (exact) mass is 526 g/mol. The fraction of sp³-hybridized carbons (Fsp3) is 0.481. The molecule has 1 aromatic heterocycles. The van der Waals surface area contributed by atoms with Crippen LogP contribution in [-0.4, -0.2) is 84.6 Å². The molecule has 1 aliphatic carbocycles. The van der Waals surface area contributed by atoms with Gasteiger partial charge in [0.25, 0.3) is 5.91 Å². The molecule has 2 fully saturated rings. The van der Waals surface area contributed by atoms with E-state index in [-0.39, 0.29) is 56.0 Å². The highest BCUT2D eigenvalue weighted by Gasteiger charge is 2.27. The average molecular weight is 527 g/mol. The van der Waals surface area contributed by atoms with Crippen molar-refractivity contribution >= 4 is 5.91 Å². The second-order valence-electron chi connectivity index (χ2n) is 8.83. The molecule has 0 radical (unpaired) electrons. The van der Waals surface area contributed by atoms with E-state index in [1.165, 1.54) is 0 Å². The first-order chi connectivity index (χ1) is 18.6. The summed E-state index contributed by atoms with van der Waals surface area (Å²) in [5.74, 6) is 1.10. The number of rotatable bonds is 13. The smallest absolute Gasteiger partial charge is 0.326 e. The summed E-state index contributed by atoms with van der Waals surface area (Å²) in [5, 5.41) is 0. The molecule has 2 aliphatic rings. The maximum Gasteiger partial charge on any atom is 0.326 e. The second-order valence-corrected chi connectivity index (χ2v) is 8.83. The third kappa shape index (κ3) is 7.34. The molecule has 38 heavy (non-hydrogen) atoms. The molecule has 11 nitrogen and oxygen atoms in total. The molecule has 1 atom stereocenters. The average Bonchev–Trinajstić information content (AvgIpc) is 3.46. The number of methoxy groups -OCH3 is 1. The molecule has 0 N–H and O–H groups in total. The molecule has 0 spiro atoms. The van der Waals surface area contributed by atoms with E-state index in [1.807, 2.05) is 0 Å². The van der Waals surface area contributed by atoms with Gasteiger partial charge in [0, 0.05) is 12.1 Å². The lowest BCUT2D eigenvalue weighted by atomic mass is 10.1. The third-order valence-electron chi connectivity index (χ3n) is 6.07. The van der Waals surface area contributed by atoms with Gasteiger partial charge in [0.1, 0.15) is 25.9 Å². The van der Waals surface area contributed by atoms with E-state index in [9.17, 15) is 4.79 Å². The van der Waals surface area contributed by atoms with E-state index < -0.39 is 0 Å². The van der Waals surface area contributed by atoms with Gasteiger partial charge in [-0.05, 0) is 43.9 Å². The van der Waals surface area contributed by atoms with E-state index in [4.69, 9.17) is 28.4 Å². The van der Waals surface area contributed by atoms with Gasteiger partial charge in [0.2, 0.25) is 0 Å². The molecule has 1 saturated heterocycles. The van der Waals surface area contributed by atoms with Crippen LogP contribution in [0.15, 0.2) is 43.5 Å². The maximum absolute atomic E-state index is 13.3. The number of morpholine rings is 1. The fourth-order valence-corrected chi connectivity index (χ4v) is 4.22. The van der Waals surface area contributed by atoms with Gasteiger partial charge in [0.05, 0.1) is 26.4 Å². The number of benzene rings is 1. The third-order valence-corrected chi connectivity index (χ3v) is 6.07. The van der Waals surface area contributed by atoms with E-state index in [2.05, 4.69) is 28.1 Å². The molecular weight excluding hydrogens is 492 g/mol. The molecule has 11 heteroatoms. The second kappa shape index (κ2) is 13.6. The highest BCUT2D eigenvalue weighted by molar-refractivity contribution is 5.95. The summed E-state index contributed by atoms with van der Waals surface area (Å²) in [6, 6.07) is 5.41. The largest absolute Gasteiger partial charge is 0.493 e. The van der Waals surface area contributed by atoms with Crippen LogP contribution in [0.2, 0.25) is 0 Å². The topological polar surface area (TPSA) is 114 Å². The molecule has 1 amide bonds. The number of carbonyl (C=O) groups excluding carboxylic acids is 1. The normalized spacial score (nSPS) is 17.5. The van der Waals surface area contributed by atoms with Crippen molar-refractivity contribution in [3.63, 3.8) is 0 Å². The van der Waals surface area contributed by atoms with Crippen LogP contribution < -0.4 is 23.7 Å². The van der Waals surface area contributed by atoms with Crippen LogP contribution in [0.1, 0.15) is 36.0 Å². The Kier molecular flexibility index (Phi) is 9.74. The first kappa shape index (κ1) is 27.2. The standard InChI is InChI=1S/C27H34N4O7/c1-4-13-35-25-28-26(36-14-5-2)30-27(29-25)37-18-21-17-31(12-15-34-21)24(32)19-10-11-22(33-3)23(16-19)38-20-8-6-7-9-20/h4-5,10-11,16,20-21H,1-2,6-9,12-15,17-18H2,3H3. The Balaban J connectivity index is 1.39. The van der Waals surface area contributed by atoms with Crippen LogP contribution in [0.5, 0.6) is 29.5 Å². The minimum atomic E-state index is -0.382. The van der Waals surface area contributed by atoms with Gasteiger partial charge < -0.3 is 33.3 Å². The Labute approximate surface area is 222 Å². The Bertz CT molecular complexity index is 1080. The fourth-order valence-electron chi connectivity index (χ4n) is 4.22. The molecule has 1 aliphatic heterocycles. The molecule has 2 aromatic rings. The lowest BCUT2D eigenvalue weighted by Crippen LogP contribution is -2.47. The Morgan fingerprint density at radius 2 is 1.68 bits per heavy atom. The zero-order chi connectivity index (χ0) is 26.7. The zero-order valence-corrected chi connectivity index (χ0v) is 21.7. The zero-order valence-electron chi connectivity index (χ0n) is 21.7. The van der Waals surface area contributed by atoms with Crippen molar-refractivity contribution in [1.29, 1.82) is 0 Å². The first-order valence-electron chi connectivity index (χ1n) is 12.7. The molecule has 0 bridgehead atoms. The van der Waals surface area contributed by atoms with Crippen LogP contribution >= 0.6 is 0 Å². The molecular formula is C27H34N4O7. The van der Waals surface area contributed by atoms with Crippen LogP contribution in [0, 0.1) is 0 Å². The Hall–Kier alpha value is -3.86. The predicted molar refractivity (Wildman–Crippen MR) is 138 cm³/mol. The minimum Gasteiger partial charge on any atom is -0.493 e. The van der Waals surface area contributed by atoms with Crippen LogP contribution in [0.4, 0.5) is 0 Å². The molecule has 4 rings (SSSR count). The van der Waals surface area contributed by atoms with Gasteiger partial charge in [-0.25, -0.2) is 0 Å². The van der Waals surface area contributed by atoms with Crippen molar-refractivity contribution < 1.29 is 33.2 Å². The SMILES string of the molecule is C=CCOc1nc(OCC=C)nc(OCC2CN(C(=O)c3ccc(OC)c(OC4CCCC4)c3)CCO2)n1. The number of hydrogen-bond acceptors (Lipinski definition) is 10. The number of ether oxygens (including phenoxy) is 6. The van der Waals surface area contributed by atoms with Crippen molar-refractivity contribution in [2.45, 2.75) is 37.9 Å². The van der Waals surface area contributed by atoms with Crippen LogP contribution in [0.25, 0.3) is 0 Å². The van der Waals surface area contributed by atoms with Crippen molar-refractivity contribution in [3.8, 4) is 29.5 Å². The number of nitrogens with zero attached hydrogens (tertiary/aromatic N) is 4. The molecule has 2 heterocycles. The van der Waals surface area contributed by atoms with E-state index in [0.717, 1.165) is 25.7 Å². The van der Waals surface area contributed by atoms with Crippen molar-refractivity contribution in [2.75, 3.05) is 46.6 Å². The lowest BCUT2D eigenvalue weighted by molar-refractivity contribution is -0.0415. The van der Waals surface area contributed by atoms with Gasteiger partial charge in [-0.3, -0.25) is 4.79 Å². The van der Waals surface area contributed by atoms with E-state index >= 15 is 0 Å². The van der Waals surface area contributed by atoms with E-state index in [1.54, 1.807) is 42.4 Å². The predicted octanol–water partition coefficient (Wildman–Crippen LogP) is 3.25. The lowest BCUT2D eigenvalue weighted by Gasteiger charge is -2.32. The number of hydrogen-bond donors (Lipinski definition) is 0. The van der Waals surface area contributed by atoms with Crippen molar-refractivity contribution in [2.24, 2.45) is 0 Å². The summed E-state index contributed by atoms with van der Waals surface area (Å²) in [6.07, 6.45) is 7.24. The van der Waals surface area contributed by atoms with Gasteiger partial charge in [-0.15, -0.1) is 15.0 Å². The summed E-state index contributed by atoms with van der Waals surface area (Å²) in [4.78, 5) is 27.5. The summed E-state index contributed by atoms with van der Waals surface area (Å²) in [5.41, 5.74) is 0.533. The Morgan fingerprint density at radius 3 is 2.32 bits per heavy atom. The van der Waals surface area contributed by atoms with Gasteiger partial charge in [-0.2, -0.15) is 0 Å². The first-order valence-corrected chi connectivity index (χ1v) is 12.7. The minimum absolute atomic E-state index is 0.0223. The summed E-state index contributed by atoms with van der Waals surface area (Å²) in [7, 11) is 1.60. The Morgan fingerprint density at radius 1 is 1.03 bits per heavy atom. The highest BCUT2D eigenvalue weighted by atomic mass is 16.6.